The number of carbonyl (C=O) groups excluding carboxylic acids is 1. The van der Waals surface area contributed by atoms with Gasteiger partial charge in [0, 0.05) is 11.6 Å². The van der Waals surface area contributed by atoms with Crippen LogP contribution < -0.4 is 5.32 Å². The lowest BCUT2D eigenvalue weighted by molar-refractivity contribution is -0.123. The summed E-state index contributed by atoms with van der Waals surface area (Å²) >= 11 is 6.02. The van der Waals surface area contributed by atoms with Crippen molar-refractivity contribution in [1.29, 1.82) is 0 Å². The van der Waals surface area contributed by atoms with E-state index in [9.17, 15) is 4.79 Å². The van der Waals surface area contributed by atoms with Crippen molar-refractivity contribution in [3.63, 3.8) is 0 Å². The minimum atomic E-state index is -0.361. The molecule has 102 valence electrons. The fraction of sp³-hybridized carbons (Fsp3) is 0.235. The van der Waals surface area contributed by atoms with Crippen molar-refractivity contribution < 1.29 is 4.79 Å². The Morgan fingerprint density at radius 1 is 1.10 bits per heavy atom. The highest BCUT2D eigenvalue weighted by atomic mass is 35.5. The van der Waals surface area contributed by atoms with Gasteiger partial charge in [-0.2, -0.15) is 0 Å². The van der Waals surface area contributed by atoms with Gasteiger partial charge in [0.2, 0.25) is 5.91 Å². The third kappa shape index (κ3) is 2.56. The highest BCUT2D eigenvalue weighted by Crippen LogP contribution is 2.48. The van der Waals surface area contributed by atoms with Gasteiger partial charge >= 0.3 is 0 Å². The first-order valence-corrected chi connectivity index (χ1v) is 7.17. The van der Waals surface area contributed by atoms with Crippen molar-refractivity contribution in [3.05, 3.63) is 70.7 Å². The van der Waals surface area contributed by atoms with E-state index in [-0.39, 0.29) is 11.3 Å². The third-order valence-corrected chi connectivity index (χ3v) is 4.09. The summed E-state index contributed by atoms with van der Waals surface area (Å²) in [7, 11) is 0. The van der Waals surface area contributed by atoms with Crippen molar-refractivity contribution in [2.24, 2.45) is 0 Å². The number of rotatable bonds is 4. The van der Waals surface area contributed by atoms with Crippen molar-refractivity contribution >= 4 is 17.5 Å². The minimum Gasteiger partial charge on any atom is -0.351 e. The molecule has 20 heavy (non-hydrogen) atoms. The zero-order valence-electron chi connectivity index (χ0n) is 11.1. The van der Waals surface area contributed by atoms with Gasteiger partial charge in [-0.1, -0.05) is 54.1 Å². The molecule has 0 heterocycles. The molecule has 0 spiro atoms. The maximum Gasteiger partial charge on any atom is 0.230 e. The van der Waals surface area contributed by atoms with Crippen molar-refractivity contribution in [1.82, 2.24) is 5.32 Å². The molecule has 0 bridgehead atoms. The van der Waals surface area contributed by atoms with E-state index in [1.165, 1.54) is 0 Å². The molecule has 2 aromatic carbocycles. The Labute approximate surface area is 123 Å². The van der Waals surface area contributed by atoms with Gasteiger partial charge in [-0.25, -0.2) is 0 Å². The molecule has 2 nitrogen and oxygen atoms in total. The lowest BCUT2D eigenvalue weighted by Crippen LogP contribution is -2.34. The van der Waals surface area contributed by atoms with Crippen LogP contribution in [-0.4, -0.2) is 5.91 Å². The van der Waals surface area contributed by atoms with E-state index in [0.717, 1.165) is 24.0 Å². The van der Waals surface area contributed by atoms with Crippen LogP contribution >= 0.6 is 11.6 Å². The van der Waals surface area contributed by atoms with E-state index in [1.807, 2.05) is 54.6 Å². The van der Waals surface area contributed by atoms with Crippen LogP contribution in [0, 0.1) is 0 Å². The molecule has 0 atom stereocenters. The number of nitrogens with one attached hydrogen (secondary N) is 1. The van der Waals surface area contributed by atoms with Crippen LogP contribution in [0.2, 0.25) is 5.02 Å². The van der Waals surface area contributed by atoms with E-state index in [4.69, 9.17) is 11.6 Å². The predicted octanol–water partition coefficient (Wildman–Crippen LogP) is 3.69. The molecule has 1 amide bonds. The second-order valence-electron chi connectivity index (χ2n) is 5.26. The second kappa shape index (κ2) is 5.29. The quantitative estimate of drug-likeness (QED) is 0.912. The van der Waals surface area contributed by atoms with Gasteiger partial charge in [0.05, 0.1) is 5.41 Å². The standard InChI is InChI=1S/C17H16ClNO/c18-15-8-4-7-14(11-15)17(9-10-17)16(20)19-12-13-5-2-1-3-6-13/h1-8,11H,9-10,12H2,(H,19,20). The molecule has 0 aliphatic heterocycles. The highest BCUT2D eigenvalue weighted by Gasteiger charge is 2.51. The maximum absolute atomic E-state index is 12.5. The summed E-state index contributed by atoms with van der Waals surface area (Å²) in [6, 6.07) is 17.6. The van der Waals surface area contributed by atoms with Crippen molar-refractivity contribution in [2.45, 2.75) is 24.8 Å². The zero-order chi connectivity index (χ0) is 14.0. The van der Waals surface area contributed by atoms with Crippen molar-refractivity contribution in [2.75, 3.05) is 0 Å². The van der Waals surface area contributed by atoms with Crippen LogP contribution in [0.4, 0.5) is 0 Å². The smallest absolute Gasteiger partial charge is 0.230 e. The summed E-state index contributed by atoms with van der Waals surface area (Å²) in [6.07, 6.45) is 1.79. The predicted molar refractivity (Wildman–Crippen MR) is 80.7 cm³/mol. The Hall–Kier alpha value is -1.80. The van der Waals surface area contributed by atoms with E-state index in [1.54, 1.807) is 0 Å². The molecule has 1 fully saturated rings. The number of carbonyl (C=O) groups is 1. The number of halogens is 1. The fourth-order valence-electron chi connectivity index (χ4n) is 2.51. The molecule has 1 aliphatic carbocycles. The first kappa shape index (κ1) is 13.2. The summed E-state index contributed by atoms with van der Waals surface area (Å²) in [6.45, 7) is 0.571. The van der Waals surface area contributed by atoms with Gasteiger partial charge in [0.1, 0.15) is 0 Å². The fourth-order valence-corrected chi connectivity index (χ4v) is 2.70. The topological polar surface area (TPSA) is 29.1 Å². The highest BCUT2D eigenvalue weighted by molar-refractivity contribution is 6.30. The Balaban J connectivity index is 1.71. The molecular weight excluding hydrogens is 270 g/mol. The van der Waals surface area contributed by atoms with E-state index < -0.39 is 0 Å². The van der Waals surface area contributed by atoms with Gasteiger partial charge in [0.15, 0.2) is 0 Å². The SMILES string of the molecule is O=C(NCc1ccccc1)C1(c2cccc(Cl)c2)CC1. The average Bonchev–Trinajstić information content (AvgIpc) is 3.28. The molecule has 0 saturated heterocycles. The van der Waals surface area contributed by atoms with Crippen LogP contribution in [0.1, 0.15) is 24.0 Å². The molecule has 1 N–H and O–H groups in total. The summed E-state index contributed by atoms with van der Waals surface area (Å²) in [5.41, 5.74) is 1.78. The Bertz CT molecular complexity index is 620. The molecule has 3 heteroatoms. The molecular formula is C17H16ClNO. The van der Waals surface area contributed by atoms with Crippen LogP contribution in [0.3, 0.4) is 0 Å². The molecule has 0 unspecified atom stereocenters. The summed E-state index contributed by atoms with van der Waals surface area (Å²) < 4.78 is 0. The minimum absolute atomic E-state index is 0.101. The maximum atomic E-state index is 12.5. The average molecular weight is 286 g/mol. The van der Waals surface area contributed by atoms with E-state index in [2.05, 4.69) is 5.32 Å². The molecule has 0 radical (unpaired) electrons. The van der Waals surface area contributed by atoms with Gasteiger partial charge in [-0.15, -0.1) is 0 Å². The third-order valence-electron chi connectivity index (χ3n) is 3.86. The second-order valence-corrected chi connectivity index (χ2v) is 5.70. The number of hydrogen-bond acceptors (Lipinski definition) is 1. The number of benzene rings is 2. The molecule has 2 aromatic rings. The summed E-state index contributed by atoms with van der Waals surface area (Å²) in [5.74, 6) is 0.101. The monoisotopic (exact) mass is 285 g/mol. The van der Waals surface area contributed by atoms with Crippen LogP contribution in [0.25, 0.3) is 0 Å². The first-order valence-electron chi connectivity index (χ1n) is 6.79. The summed E-state index contributed by atoms with van der Waals surface area (Å²) in [4.78, 5) is 12.5. The van der Waals surface area contributed by atoms with Gasteiger partial charge < -0.3 is 5.32 Å². The van der Waals surface area contributed by atoms with E-state index in [0.29, 0.717) is 11.6 Å². The Morgan fingerprint density at radius 3 is 2.50 bits per heavy atom. The molecule has 0 aromatic heterocycles. The first-order chi connectivity index (χ1) is 9.71. The van der Waals surface area contributed by atoms with Crippen LogP contribution in [0.5, 0.6) is 0 Å². The largest absolute Gasteiger partial charge is 0.351 e. The van der Waals surface area contributed by atoms with Gasteiger partial charge in [-0.05, 0) is 36.1 Å². The van der Waals surface area contributed by atoms with Crippen LogP contribution in [0.15, 0.2) is 54.6 Å². The van der Waals surface area contributed by atoms with Crippen molar-refractivity contribution in [3.8, 4) is 0 Å². The van der Waals surface area contributed by atoms with Gasteiger partial charge in [0.25, 0.3) is 0 Å². The lowest BCUT2D eigenvalue weighted by Gasteiger charge is -2.16. The normalized spacial score (nSPS) is 15.7. The van der Waals surface area contributed by atoms with E-state index >= 15 is 0 Å². The molecule has 1 saturated carbocycles. The molecule has 3 rings (SSSR count). The van der Waals surface area contributed by atoms with Gasteiger partial charge in [-0.3, -0.25) is 4.79 Å². The van der Waals surface area contributed by atoms with Crippen LogP contribution in [-0.2, 0) is 16.8 Å². The number of amides is 1. The lowest BCUT2D eigenvalue weighted by atomic mass is 9.95. The number of hydrogen-bond donors (Lipinski definition) is 1. The Kier molecular flexibility index (Phi) is 3.49. The zero-order valence-corrected chi connectivity index (χ0v) is 11.9. The summed E-state index contributed by atoms with van der Waals surface area (Å²) in [5, 5.41) is 3.72. The molecule has 1 aliphatic rings. The Morgan fingerprint density at radius 2 is 1.85 bits per heavy atom.